The normalized spacial score (nSPS) is 17.0. The molecule has 0 radical (unpaired) electrons. The van der Waals surface area contributed by atoms with E-state index in [9.17, 15) is 9.59 Å². The first-order chi connectivity index (χ1) is 10.7. The first-order valence-electron chi connectivity index (χ1n) is 7.90. The van der Waals surface area contributed by atoms with Crippen LogP contribution in [0.4, 0.5) is 5.69 Å². The molecule has 1 aliphatic rings. The summed E-state index contributed by atoms with van der Waals surface area (Å²) in [5.74, 6) is 1.05. The molecule has 0 aliphatic carbocycles. The lowest BCUT2D eigenvalue weighted by Gasteiger charge is -2.35. The molecule has 0 bridgehead atoms. The second kappa shape index (κ2) is 7.29. The summed E-state index contributed by atoms with van der Waals surface area (Å²) in [5, 5.41) is 0. The summed E-state index contributed by atoms with van der Waals surface area (Å²) >= 11 is 0. The van der Waals surface area contributed by atoms with Crippen LogP contribution < -0.4 is 14.4 Å². The van der Waals surface area contributed by atoms with Gasteiger partial charge in [0.05, 0.1) is 12.3 Å². The van der Waals surface area contributed by atoms with E-state index in [2.05, 4.69) is 0 Å². The van der Waals surface area contributed by atoms with Crippen LogP contribution in [0.2, 0.25) is 0 Å². The number of anilines is 1. The first-order valence-corrected chi connectivity index (χ1v) is 7.90. The van der Waals surface area contributed by atoms with Gasteiger partial charge >= 0.3 is 0 Å². The fourth-order valence-corrected chi connectivity index (χ4v) is 2.51. The lowest BCUT2D eigenvalue weighted by molar-refractivity contribution is -0.126. The summed E-state index contributed by atoms with van der Waals surface area (Å²) in [6, 6.07) is 3.37. The molecule has 2 rings (SSSR count). The maximum atomic E-state index is 12.5. The average Bonchev–Trinajstić information content (AvgIpc) is 2.54. The van der Waals surface area contributed by atoms with Crippen molar-refractivity contribution in [2.24, 2.45) is 0 Å². The van der Waals surface area contributed by atoms with Crippen LogP contribution in [0.15, 0.2) is 12.1 Å². The average molecular weight is 305 g/mol. The Balaban J connectivity index is 2.52. The van der Waals surface area contributed by atoms with Crippen LogP contribution >= 0.6 is 0 Å². The minimum absolute atomic E-state index is 0.0543. The topological polar surface area (TPSA) is 55.8 Å². The molecule has 0 N–H and O–H groups in total. The largest absolute Gasteiger partial charge is 0.490 e. The second-order valence-electron chi connectivity index (χ2n) is 5.34. The molecular formula is C17H23NO4. The molecule has 1 aliphatic heterocycles. The zero-order valence-corrected chi connectivity index (χ0v) is 13.4. The van der Waals surface area contributed by atoms with E-state index < -0.39 is 6.10 Å². The second-order valence-corrected chi connectivity index (χ2v) is 5.34. The van der Waals surface area contributed by atoms with Crippen LogP contribution in [0.3, 0.4) is 0 Å². The van der Waals surface area contributed by atoms with Gasteiger partial charge in [-0.05, 0) is 31.4 Å². The number of hydrogen-bond donors (Lipinski definition) is 0. The van der Waals surface area contributed by atoms with E-state index in [1.807, 2.05) is 20.8 Å². The number of nitrogens with zero attached hydrogens (tertiary/aromatic N) is 1. The van der Waals surface area contributed by atoms with Crippen molar-refractivity contribution >= 4 is 17.9 Å². The van der Waals surface area contributed by atoms with Crippen molar-refractivity contribution in [3.8, 4) is 11.5 Å². The van der Waals surface area contributed by atoms with Crippen molar-refractivity contribution in [2.45, 2.75) is 46.1 Å². The van der Waals surface area contributed by atoms with Crippen LogP contribution in [0, 0.1) is 0 Å². The quantitative estimate of drug-likeness (QED) is 0.726. The van der Waals surface area contributed by atoms with E-state index in [1.54, 1.807) is 17.0 Å². The Morgan fingerprint density at radius 1 is 1.27 bits per heavy atom. The first kappa shape index (κ1) is 16.3. The molecule has 5 nitrogen and oxygen atoms in total. The number of carbonyl (C=O) groups is 2. The highest BCUT2D eigenvalue weighted by Crippen LogP contribution is 2.43. The van der Waals surface area contributed by atoms with Crippen LogP contribution in [-0.2, 0) is 4.79 Å². The molecule has 22 heavy (non-hydrogen) atoms. The number of rotatable bonds is 7. The molecule has 1 aromatic rings. The monoisotopic (exact) mass is 305 g/mol. The minimum Gasteiger partial charge on any atom is -0.490 e. The number of ether oxygens (including phenoxy) is 2. The van der Waals surface area contributed by atoms with Gasteiger partial charge < -0.3 is 14.4 Å². The summed E-state index contributed by atoms with van der Waals surface area (Å²) in [7, 11) is 0. The number of aldehydes is 1. The number of benzene rings is 1. The third-order valence-electron chi connectivity index (χ3n) is 3.57. The highest BCUT2D eigenvalue weighted by atomic mass is 16.5. The van der Waals surface area contributed by atoms with Gasteiger partial charge in [0.15, 0.2) is 17.6 Å². The molecular weight excluding hydrogens is 282 g/mol. The Morgan fingerprint density at radius 2 is 2.05 bits per heavy atom. The van der Waals surface area contributed by atoms with Gasteiger partial charge in [0.2, 0.25) is 0 Å². The predicted molar refractivity (Wildman–Crippen MR) is 85.0 cm³/mol. The molecule has 1 heterocycles. The molecule has 1 aromatic carbocycles. The smallest absolute Gasteiger partial charge is 0.268 e. The van der Waals surface area contributed by atoms with Crippen LogP contribution in [-0.4, -0.2) is 31.4 Å². The van der Waals surface area contributed by atoms with E-state index in [0.717, 1.165) is 19.1 Å². The maximum Gasteiger partial charge on any atom is 0.268 e. The molecule has 1 atom stereocenters. The van der Waals surface area contributed by atoms with Gasteiger partial charge in [-0.2, -0.15) is 0 Å². The SMILES string of the molecule is CCCOc1cc(C=O)cc2c1OC(CC)C(=O)N2CCC. The van der Waals surface area contributed by atoms with Gasteiger partial charge in [-0.25, -0.2) is 0 Å². The van der Waals surface area contributed by atoms with Gasteiger partial charge in [0.25, 0.3) is 5.91 Å². The standard InChI is InChI=1S/C17H23NO4/c1-4-7-18-13-9-12(11-19)10-15(21-8-5-2)16(13)22-14(6-3)17(18)20/h9-11,14H,4-8H2,1-3H3. The van der Waals surface area contributed by atoms with Crippen molar-refractivity contribution in [1.29, 1.82) is 0 Å². The molecule has 1 amide bonds. The fourth-order valence-electron chi connectivity index (χ4n) is 2.51. The maximum absolute atomic E-state index is 12.5. The lowest BCUT2D eigenvalue weighted by atomic mass is 10.1. The molecule has 120 valence electrons. The van der Waals surface area contributed by atoms with Crippen molar-refractivity contribution in [2.75, 3.05) is 18.1 Å². The molecule has 5 heteroatoms. The fraction of sp³-hybridized carbons (Fsp3) is 0.529. The highest BCUT2D eigenvalue weighted by molar-refractivity contribution is 6.01. The Morgan fingerprint density at radius 3 is 2.64 bits per heavy atom. The molecule has 0 saturated carbocycles. The Labute approximate surface area is 131 Å². The molecule has 0 aromatic heterocycles. The molecule has 1 unspecified atom stereocenters. The summed E-state index contributed by atoms with van der Waals surface area (Å²) in [5.41, 5.74) is 1.12. The van der Waals surface area contributed by atoms with Crippen LogP contribution in [0.5, 0.6) is 11.5 Å². The molecule has 0 spiro atoms. The van der Waals surface area contributed by atoms with Gasteiger partial charge in [-0.1, -0.05) is 20.8 Å². The Kier molecular flexibility index (Phi) is 5.41. The summed E-state index contributed by atoms with van der Waals surface area (Å²) in [4.78, 5) is 25.4. The van der Waals surface area contributed by atoms with Gasteiger partial charge in [-0.15, -0.1) is 0 Å². The van der Waals surface area contributed by atoms with Crippen molar-refractivity contribution in [3.63, 3.8) is 0 Å². The van der Waals surface area contributed by atoms with E-state index in [1.165, 1.54) is 0 Å². The van der Waals surface area contributed by atoms with Crippen LogP contribution in [0.25, 0.3) is 0 Å². The third kappa shape index (κ3) is 3.08. The number of fused-ring (bicyclic) bond motifs is 1. The van der Waals surface area contributed by atoms with E-state index in [4.69, 9.17) is 9.47 Å². The number of hydrogen-bond acceptors (Lipinski definition) is 4. The van der Waals surface area contributed by atoms with Crippen LogP contribution in [0.1, 0.15) is 50.4 Å². The Bertz CT molecular complexity index is 556. The summed E-state index contributed by atoms with van der Waals surface area (Å²) in [6.45, 7) is 7.09. The molecule has 0 saturated heterocycles. The third-order valence-corrected chi connectivity index (χ3v) is 3.57. The van der Waals surface area contributed by atoms with Gasteiger partial charge in [-0.3, -0.25) is 9.59 Å². The number of carbonyl (C=O) groups excluding carboxylic acids is 2. The van der Waals surface area contributed by atoms with E-state index in [0.29, 0.717) is 42.3 Å². The summed E-state index contributed by atoms with van der Waals surface area (Å²) in [6.07, 6.45) is 2.55. The summed E-state index contributed by atoms with van der Waals surface area (Å²) < 4.78 is 11.6. The lowest BCUT2D eigenvalue weighted by Crippen LogP contribution is -2.46. The molecule has 0 fully saturated rings. The van der Waals surface area contributed by atoms with Crippen molar-refractivity contribution in [1.82, 2.24) is 0 Å². The predicted octanol–water partition coefficient (Wildman–Crippen LogP) is 3.20. The zero-order valence-electron chi connectivity index (χ0n) is 13.4. The van der Waals surface area contributed by atoms with Gasteiger partial charge in [0, 0.05) is 12.1 Å². The number of amides is 1. The zero-order chi connectivity index (χ0) is 16.1. The highest BCUT2D eigenvalue weighted by Gasteiger charge is 2.35. The van der Waals surface area contributed by atoms with E-state index >= 15 is 0 Å². The van der Waals surface area contributed by atoms with E-state index in [-0.39, 0.29) is 5.91 Å². The van der Waals surface area contributed by atoms with Gasteiger partial charge in [0.1, 0.15) is 6.29 Å². The minimum atomic E-state index is -0.495. The Hall–Kier alpha value is -2.04. The van der Waals surface area contributed by atoms with Crippen molar-refractivity contribution < 1.29 is 19.1 Å². The van der Waals surface area contributed by atoms with Crippen molar-refractivity contribution in [3.05, 3.63) is 17.7 Å².